The first-order valence-corrected chi connectivity index (χ1v) is 8.47. The predicted octanol–water partition coefficient (Wildman–Crippen LogP) is 6.02. The molecule has 0 bridgehead atoms. The highest BCUT2D eigenvalue weighted by atomic mass is 79.9. The summed E-state index contributed by atoms with van der Waals surface area (Å²) in [5, 5.41) is 3.46. The van der Waals surface area contributed by atoms with Gasteiger partial charge < -0.3 is 5.32 Å². The van der Waals surface area contributed by atoms with Gasteiger partial charge in [0.25, 0.3) is 0 Å². The second-order valence-corrected chi connectivity index (χ2v) is 6.88. The summed E-state index contributed by atoms with van der Waals surface area (Å²) in [6.07, 6.45) is 2.21. The first-order chi connectivity index (χ1) is 9.16. The van der Waals surface area contributed by atoms with Crippen LogP contribution < -0.4 is 5.32 Å². The maximum Gasteiger partial charge on any atom is 0.0629 e. The van der Waals surface area contributed by atoms with E-state index in [4.69, 9.17) is 0 Å². The van der Waals surface area contributed by atoms with Crippen molar-refractivity contribution in [3.8, 4) is 0 Å². The van der Waals surface area contributed by atoms with Gasteiger partial charge in [0.1, 0.15) is 0 Å². The Morgan fingerprint density at radius 2 is 1.53 bits per heavy atom. The monoisotopic (exact) mass is 445 g/mol. The van der Waals surface area contributed by atoms with E-state index in [1.54, 1.807) is 0 Å². The minimum absolute atomic E-state index is 0.952. The average Bonchev–Trinajstić information content (AvgIpc) is 2.38. The number of hydrogen-bond acceptors (Lipinski definition) is 1. The smallest absolute Gasteiger partial charge is 0.0629 e. The number of nitrogens with one attached hydrogen (secondary N) is 1. The standard InChI is InChI=1S/C15H14Br3N/c16-12-9-13(17)15(14(18)10-12)19-8-4-7-11-5-2-1-3-6-11/h1-3,5-6,9-10,19H,4,7-8H2. The van der Waals surface area contributed by atoms with Crippen LogP contribution in [0.25, 0.3) is 0 Å². The summed E-state index contributed by atoms with van der Waals surface area (Å²) in [6, 6.07) is 14.7. The lowest BCUT2D eigenvalue weighted by Gasteiger charge is -2.11. The Bertz CT molecular complexity index is 517. The zero-order valence-electron chi connectivity index (χ0n) is 10.3. The lowest BCUT2D eigenvalue weighted by Crippen LogP contribution is -2.04. The topological polar surface area (TPSA) is 12.0 Å². The molecule has 0 heterocycles. The van der Waals surface area contributed by atoms with Crippen molar-refractivity contribution < 1.29 is 0 Å². The van der Waals surface area contributed by atoms with E-state index in [-0.39, 0.29) is 0 Å². The van der Waals surface area contributed by atoms with Crippen molar-refractivity contribution in [2.24, 2.45) is 0 Å². The van der Waals surface area contributed by atoms with Crippen LogP contribution in [0, 0.1) is 0 Å². The molecule has 2 aromatic carbocycles. The fraction of sp³-hybridized carbons (Fsp3) is 0.200. The molecule has 0 amide bonds. The molecule has 2 rings (SSSR count). The van der Waals surface area contributed by atoms with E-state index in [0.29, 0.717) is 0 Å². The van der Waals surface area contributed by atoms with Crippen LogP contribution in [-0.4, -0.2) is 6.54 Å². The Hall–Kier alpha value is -0.320. The Kier molecular flexibility index (Phi) is 5.92. The molecule has 19 heavy (non-hydrogen) atoms. The largest absolute Gasteiger partial charge is 0.383 e. The molecular formula is C15H14Br3N. The first-order valence-electron chi connectivity index (χ1n) is 6.09. The van der Waals surface area contributed by atoms with Crippen LogP contribution >= 0.6 is 47.8 Å². The van der Waals surface area contributed by atoms with Gasteiger partial charge >= 0.3 is 0 Å². The summed E-state index contributed by atoms with van der Waals surface area (Å²) in [5.74, 6) is 0. The number of rotatable bonds is 5. The molecule has 1 nitrogen and oxygen atoms in total. The second-order valence-electron chi connectivity index (χ2n) is 4.26. The third-order valence-corrected chi connectivity index (χ3v) is 4.50. The number of hydrogen-bond donors (Lipinski definition) is 1. The van der Waals surface area contributed by atoms with Crippen LogP contribution in [0.15, 0.2) is 55.9 Å². The van der Waals surface area contributed by atoms with Crippen molar-refractivity contribution in [2.45, 2.75) is 12.8 Å². The van der Waals surface area contributed by atoms with Crippen molar-refractivity contribution >= 4 is 53.5 Å². The Balaban J connectivity index is 1.86. The van der Waals surface area contributed by atoms with Crippen molar-refractivity contribution in [2.75, 3.05) is 11.9 Å². The molecule has 0 aliphatic heterocycles. The quantitative estimate of drug-likeness (QED) is 0.553. The minimum atomic E-state index is 0.952. The van der Waals surface area contributed by atoms with Gasteiger partial charge in [0.15, 0.2) is 0 Å². The molecule has 0 aromatic heterocycles. The fourth-order valence-electron chi connectivity index (χ4n) is 1.86. The van der Waals surface area contributed by atoms with Crippen LogP contribution in [0.1, 0.15) is 12.0 Å². The number of halogens is 3. The molecule has 0 spiro atoms. The molecule has 4 heteroatoms. The minimum Gasteiger partial charge on any atom is -0.383 e. The third-order valence-electron chi connectivity index (χ3n) is 2.79. The van der Waals surface area contributed by atoms with Crippen molar-refractivity contribution in [1.29, 1.82) is 0 Å². The van der Waals surface area contributed by atoms with Crippen molar-refractivity contribution in [3.05, 3.63) is 61.4 Å². The van der Waals surface area contributed by atoms with Crippen LogP contribution in [-0.2, 0) is 6.42 Å². The van der Waals surface area contributed by atoms with Gasteiger partial charge in [0.05, 0.1) is 5.69 Å². The molecule has 0 fully saturated rings. The van der Waals surface area contributed by atoms with Gasteiger partial charge in [-0.05, 0) is 62.4 Å². The van der Waals surface area contributed by atoms with E-state index in [1.807, 2.05) is 12.1 Å². The van der Waals surface area contributed by atoms with E-state index in [1.165, 1.54) is 5.56 Å². The normalized spacial score (nSPS) is 10.5. The summed E-state index contributed by atoms with van der Waals surface area (Å²) in [7, 11) is 0. The van der Waals surface area contributed by atoms with E-state index >= 15 is 0 Å². The molecule has 2 aromatic rings. The first kappa shape index (κ1) is 15.1. The number of aryl methyl sites for hydroxylation is 1. The highest BCUT2D eigenvalue weighted by Crippen LogP contribution is 2.34. The SMILES string of the molecule is Brc1cc(Br)c(NCCCc2ccccc2)c(Br)c1. The van der Waals surface area contributed by atoms with Gasteiger partial charge in [-0.1, -0.05) is 46.3 Å². The van der Waals surface area contributed by atoms with Crippen molar-refractivity contribution in [1.82, 2.24) is 0 Å². The Morgan fingerprint density at radius 1 is 0.895 bits per heavy atom. The van der Waals surface area contributed by atoms with E-state index in [0.717, 1.165) is 38.5 Å². The highest BCUT2D eigenvalue weighted by molar-refractivity contribution is 9.11. The maximum atomic E-state index is 3.57. The molecule has 0 saturated heterocycles. The summed E-state index contributed by atoms with van der Waals surface area (Å²) in [4.78, 5) is 0. The molecule has 100 valence electrons. The fourth-order valence-corrected chi connectivity index (χ4v) is 4.40. The van der Waals surface area contributed by atoms with Gasteiger partial charge in [0.2, 0.25) is 0 Å². The summed E-state index contributed by atoms with van der Waals surface area (Å²) < 4.78 is 3.18. The molecule has 0 aliphatic rings. The molecule has 0 aliphatic carbocycles. The number of benzene rings is 2. The highest BCUT2D eigenvalue weighted by Gasteiger charge is 2.05. The Morgan fingerprint density at radius 3 is 2.16 bits per heavy atom. The summed E-state index contributed by atoms with van der Waals surface area (Å²) >= 11 is 10.6. The Labute approximate surface area is 139 Å². The van der Waals surface area contributed by atoms with Crippen LogP contribution in [0.3, 0.4) is 0 Å². The molecule has 1 N–H and O–H groups in total. The molecule has 0 saturated carbocycles. The van der Waals surface area contributed by atoms with Crippen LogP contribution in [0.5, 0.6) is 0 Å². The van der Waals surface area contributed by atoms with E-state index in [2.05, 4.69) is 83.4 Å². The molecule has 0 radical (unpaired) electrons. The third kappa shape index (κ3) is 4.62. The number of anilines is 1. The molecule has 0 unspecified atom stereocenters. The molecular weight excluding hydrogens is 434 g/mol. The lowest BCUT2D eigenvalue weighted by atomic mass is 10.1. The van der Waals surface area contributed by atoms with Gasteiger partial charge in [-0.3, -0.25) is 0 Å². The van der Waals surface area contributed by atoms with Gasteiger partial charge in [-0.15, -0.1) is 0 Å². The lowest BCUT2D eigenvalue weighted by molar-refractivity contribution is 0.862. The van der Waals surface area contributed by atoms with Crippen molar-refractivity contribution in [3.63, 3.8) is 0 Å². The zero-order chi connectivity index (χ0) is 13.7. The second kappa shape index (κ2) is 7.46. The zero-order valence-corrected chi connectivity index (χ0v) is 15.1. The summed E-state index contributed by atoms with van der Waals surface area (Å²) in [5.41, 5.74) is 2.49. The van der Waals surface area contributed by atoms with Gasteiger partial charge in [-0.25, -0.2) is 0 Å². The van der Waals surface area contributed by atoms with E-state index < -0.39 is 0 Å². The average molecular weight is 448 g/mol. The van der Waals surface area contributed by atoms with Crippen LogP contribution in [0.4, 0.5) is 5.69 Å². The van der Waals surface area contributed by atoms with Crippen LogP contribution in [0.2, 0.25) is 0 Å². The van der Waals surface area contributed by atoms with Gasteiger partial charge in [0, 0.05) is 20.0 Å². The van der Waals surface area contributed by atoms with Gasteiger partial charge in [-0.2, -0.15) is 0 Å². The summed E-state index contributed by atoms with van der Waals surface area (Å²) in [6.45, 7) is 0.952. The maximum absolute atomic E-state index is 3.57. The van der Waals surface area contributed by atoms with E-state index in [9.17, 15) is 0 Å². The predicted molar refractivity (Wildman–Crippen MR) is 92.8 cm³/mol. The molecule has 0 atom stereocenters.